The lowest BCUT2D eigenvalue weighted by molar-refractivity contribution is 0.0656. The van der Waals surface area contributed by atoms with Gasteiger partial charge < -0.3 is 14.5 Å². The van der Waals surface area contributed by atoms with Gasteiger partial charge in [0.15, 0.2) is 0 Å². The van der Waals surface area contributed by atoms with E-state index in [1.807, 2.05) is 0 Å². The first-order valence-corrected chi connectivity index (χ1v) is 7.93. The standard InChI is InChI=1S/C14H11FN2O5S/c15-9-1-2-11-8(5-9)6-10(17-11)7-16-23(20,21)12-3-4-22-13(12)14(18)19/h1-6,16-17H,7H2,(H,18,19). The largest absolute Gasteiger partial charge is 0.475 e. The molecule has 3 aromatic rings. The highest BCUT2D eigenvalue weighted by Crippen LogP contribution is 2.19. The Morgan fingerprint density at radius 1 is 1.30 bits per heavy atom. The van der Waals surface area contributed by atoms with Crippen LogP contribution in [0.25, 0.3) is 10.9 Å². The van der Waals surface area contributed by atoms with E-state index in [9.17, 15) is 17.6 Å². The van der Waals surface area contributed by atoms with E-state index in [1.165, 1.54) is 12.1 Å². The minimum absolute atomic E-state index is 0.108. The quantitative estimate of drug-likeness (QED) is 0.659. The number of furan rings is 1. The van der Waals surface area contributed by atoms with Crippen LogP contribution in [-0.2, 0) is 16.6 Å². The molecule has 0 aliphatic carbocycles. The topological polar surface area (TPSA) is 112 Å². The molecule has 2 aromatic heterocycles. The maximum absolute atomic E-state index is 13.1. The molecule has 120 valence electrons. The normalized spacial score (nSPS) is 11.9. The summed E-state index contributed by atoms with van der Waals surface area (Å²) in [6.07, 6.45) is 0.990. The summed E-state index contributed by atoms with van der Waals surface area (Å²) in [4.78, 5) is 13.4. The number of H-pyrrole nitrogens is 1. The minimum atomic E-state index is -4.06. The summed E-state index contributed by atoms with van der Waals surface area (Å²) < 4.78 is 44.4. The Morgan fingerprint density at radius 2 is 2.09 bits per heavy atom. The van der Waals surface area contributed by atoms with Gasteiger partial charge in [0, 0.05) is 16.6 Å². The number of hydrogen-bond acceptors (Lipinski definition) is 4. The number of sulfonamides is 1. The number of carboxylic acids is 1. The number of rotatable bonds is 5. The van der Waals surface area contributed by atoms with Crippen molar-refractivity contribution in [3.8, 4) is 0 Å². The fourth-order valence-corrected chi connectivity index (χ4v) is 3.29. The maximum Gasteiger partial charge on any atom is 0.373 e. The predicted molar refractivity (Wildman–Crippen MR) is 77.9 cm³/mol. The number of halogens is 1. The van der Waals surface area contributed by atoms with Crippen molar-refractivity contribution in [2.75, 3.05) is 0 Å². The van der Waals surface area contributed by atoms with Gasteiger partial charge in [-0.05, 0) is 30.3 Å². The summed E-state index contributed by atoms with van der Waals surface area (Å²) in [5.41, 5.74) is 1.17. The van der Waals surface area contributed by atoms with Gasteiger partial charge in [0.1, 0.15) is 10.7 Å². The molecule has 0 radical (unpaired) electrons. The molecular formula is C14H11FN2O5S. The summed E-state index contributed by atoms with van der Waals surface area (Å²) in [7, 11) is -4.06. The van der Waals surface area contributed by atoms with Crippen LogP contribution in [0, 0.1) is 5.82 Å². The monoisotopic (exact) mass is 338 g/mol. The van der Waals surface area contributed by atoms with Crippen LogP contribution in [0.4, 0.5) is 4.39 Å². The second kappa shape index (κ2) is 5.52. The summed E-state index contributed by atoms with van der Waals surface area (Å²) in [5.74, 6) is -2.53. The Labute approximate surface area is 129 Å². The van der Waals surface area contributed by atoms with E-state index in [4.69, 9.17) is 5.11 Å². The SMILES string of the molecule is O=C(O)c1occc1S(=O)(=O)NCc1cc2cc(F)ccc2[nH]1. The maximum atomic E-state index is 13.1. The van der Waals surface area contributed by atoms with E-state index in [0.29, 0.717) is 16.6 Å². The van der Waals surface area contributed by atoms with E-state index in [1.54, 1.807) is 12.1 Å². The molecule has 0 unspecified atom stereocenters. The van der Waals surface area contributed by atoms with Gasteiger partial charge in [-0.25, -0.2) is 22.3 Å². The van der Waals surface area contributed by atoms with Crippen molar-refractivity contribution in [2.45, 2.75) is 11.4 Å². The van der Waals surface area contributed by atoms with Crippen molar-refractivity contribution >= 4 is 26.9 Å². The van der Waals surface area contributed by atoms with E-state index >= 15 is 0 Å². The number of aromatic carboxylic acids is 1. The van der Waals surface area contributed by atoms with Gasteiger partial charge >= 0.3 is 5.97 Å². The van der Waals surface area contributed by atoms with Gasteiger partial charge in [-0.3, -0.25) is 0 Å². The zero-order chi connectivity index (χ0) is 16.6. The second-order valence-electron chi connectivity index (χ2n) is 4.77. The molecule has 0 atom stereocenters. The molecule has 3 rings (SSSR count). The minimum Gasteiger partial charge on any atom is -0.475 e. The second-order valence-corrected chi connectivity index (χ2v) is 6.51. The third kappa shape index (κ3) is 2.96. The highest BCUT2D eigenvalue weighted by Gasteiger charge is 2.25. The lowest BCUT2D eigenvalue weighted by Gasteiger charge is -2.04. The van der Waals surface area contributed by atoms with Crippen molar-refractivity contribution in [1.29, 1.82) is 0 Å². The van der Waals surface area contributed by atoms with Crippen molar-refractivity contribution in [2.24, 2.45) is 0 Å². The van der Waals surface area contributed by atoms with Crippen molar-refractivity contribution in [1.82, 2.24) is 9.71 Å². The summed E-state index contributed by atoms with van der Waals surface area (Å²) in [6, 6.07) is 6.82. The molecule has 0 bridgehead atoms. The Bertz CT molecular complexity index is 990. The number of nitrogens with one attached hydrogen (secondary N) is 2. The summed E-state index contributed by atoms with van der Waals surface area (Å²) in [5, 5.41) is 9.50. The number of aromatic nitrogens is 1. The van der Waals surface area contributed by atoms with Crippen LogP contribution in [0.2, 0.25) is 0 Å². The van der Waals surface area contributed by atoms with Crippen molar-refractivity contribution < 1.29 is 27.1 Å². The molecule has 3 N–H and O–H groups in total. The molecule has 2 heterocycles. The smallest absolute Gasteiger partial charge is 0.373 e. The van der Waals surface area contributed by atoms with Gasteiger partial charge in [-0.2, -0.15) is 0 Å². The molecular weight excluding hydrogens is 327 g/mol. The van der Waals surface area contributed by atoms with Gasteiger partial charge in [-0.1, -0.05) is 0 Å². The Morgan fingerprint density at radius 3 is 2.83 bits per heavy atom. The average molecular weight is 338 g/mol. The lowest BCUT2D eigenvalue weighted by atomic mass is 10.2. The Balaban J connectivity index is 1.83. The van der Waals surface area contributed by atoms with Gasteiger partial charge in [0.25, 0.3) is 0 Å². The fourth-order valence-electron chi connectivity index (χ4n) is 2.17. The highest BCUT2D eigenvalue weighted by atomic mass is 32.2. The first kappa shape index (κ1) is 15.3. The molecule has 0 fully saturated rings. The van der Waals surface area contributed by atoms with Crippen LogP contribution in [0.3, 0.4) is 0 Å². The summed E-state index contributed by atoms with van der Waals surface area (Å²) >= 11 is 0. The van der Waals surface area contributed by atoms with Crippen LogP contribution in [0.15, 0.2) is 45.9 Å². The lowest BCUT2D eigenvalue weighted by Crippen LogP contribution is -2.24. The Kier molecular flexibility index (Phi) is 3.66. The molecule has 0 aliphatic heterocycles. The van der Waals surface area contributed by atoms with Crippen LogP contribution in [0.1, 0.15) is 16.2 Å². The zero-order valence-corrected chi connectivity index (χ0v) is 12.4. The molecule has 0 aliphatic rings. The number of aromatic amines is 1. The molecule has 23 heavy (non-hydrogen) atoms. The summed E-state index contributed by atoms with van der Waals surface area (Å²) in [6.45, 7) is -0.108. The van der Waals surface area contributed by atoms with Crippen LogP contribution < -0.4 is 4.72 Å². The average Bonchev–Trinajstić information content (AvgIpc) is 3.11. The predicted octanol–water partition coefficient (Wildman–Crippen LogP) is 2.08. The van der Waals surface area contributed by atoms with Crippen LogP contribution in [0.5, 0.6) is 0 Å². The van der Waals surface area contributed by atoms with Crippen molar-refractivity contribution in [3.63, 3.8) is 0 Å². The van der Waals surface area contributed by atoms with Crippen molar-refractivity contribution in [3.05, 3.63) is 53.9 Å². The number of benzene rings is 1. The molecule has 1 aromatic carbocycles. The van der Waals surface area contributed by atoms with E-state index in [2.05, 4.69) is 14.1 Å². The third-order valence-electron chi connectivity index (χ3n) is 3.20. The zero-order valence-electron chi connectivity index (χ0n) is 11.5. The Hall–Kier alpha value is -2.65. The first-order valence-electron chi connectivity index (χ1n) is 6.44. The van der Waals surface area contributed by atoms with E-state index in [-0.39, 0.29) is 6.54 Å². The van der Waals surface area contributed by atoms with Crippen LogP contribution in [-0.4, -0.2) is 24.5 Å². The van der Waals surface area contributed by atoms with E-state index in [0.717, 1.165) is 12.3 Å². The number of carbonyl (C=O) groups is 1. The molecule has 0 saturated heterocycles. The first-order chi connectivity index (χ1) is 10.9. The molecule has 9 heteroatoms. The number of hydrogen-bond donors (Lipinski definition) is 3. The van der Waals surface area contributed by atoms with Crippen LogP contribution >= 0.6 is 0 Å². The third-order valence-corrected chi connectivity index (χ3v) is 4.63. The fraction of sp³-hybridized carbons (Fsp3) is 0.0714. The van der Waals surface area contributed by atoms with Gasteiger partial charge in [0.05, 0.1) is 12.8 Å². The van der Waals surface area contributed by atoms with Gasteiger partial charge in [-0.15, -0.1) is 0 Å². The van der Waals surface area contributed by atoms with E-state index < -0.39 is 32.5 Å². The molecule has 0 saturated carbocycles. The molecule has 0 spiro atoms. The molecule has 0 amide bonds. The number of carboxylic acid groups (broad SMARTS) is 1. The molecule has 7 nitrogen and oxygen atoms in total. The van der Waals surface area contributed by atoms with Gasteiger partial charge in [0.2, 0.25) is 15.8 Å². The number of fused-ring (bicyclic) bond motifs is 1. The highest BCUT2D eigenvalue weighted by molar-refractivity contribution is 7.89.